The fourth-order valence-corrected chi connectivity index (χ4v) is 1.29. The van der Waals surface area contributed by atoms with Gasteiger partial charge in [0.2, 0.25) is 0 Å². The van der Waals surface area contributed by atoms with Gasteiger partial charge in [-0.25, -0.2) is 4.39 Å². The highest BCUT2D eigenvalue weighted by molar-refractivity contribution is 5.66. The van der Waals surface area contributed by atoms with E-state index in [4.69, 9.17) is 5.11 Å². The molecule has 2 N–H and O–H groups in total. The van der Waals surface area contributed by atoms with Crippen LogP contribution in [0.4, 0.5) is 4.39 Å². The number of aliphatic carboxylic acids is 1. The maximum atomic E-state index is 12.8. The fourth-order valence-electron chi connectivity index (χ4n) is 1.29. The van der Waals surface area contributed by atoms with E-state index in [1.54, 1.807) is 0 Å². The summed E-state index contributed by atoms with van der Waals surface area (Å²) in [7, 11) is 0. The number of carboxylic acids is 1. The predicted octanol–water partition coefficient (Wildman–Crippen LogP) is 0.409. The molecule has 3 nitrogen and oxygen atoms in total. The van der Waals surface area contributed by atoms with E-state index in [-0.39, 0.29) is 12.3 Å². The molecule has 0 unspecified atom stereocenters. The molecule has 1 fully saturated rings. The zero-order valence-corrected chi connectivity index (χ0v) is 6.22. The van der Waals surface area contributed by atoms with Crippen LogP contribution < -0.4 is 5.32 Å². The number of hydrogen-bond acceptors (Lipinski definition) is 2. The van der Waals surface area contributed by atoms with Gasteiger partial charge in [-0.05, 0) is 6.42 Å². The molecule has 64 valence electrons. The van der Waals surface area contributed by atoms with Gasteiger partial charge in [0.1, 0.15) is 6.17 Å². The molecule has 1 rings (SSSR count). The lowest BCUT2D eigenvalue weighted by Crippen LogP contribution is -2.14. The largest absolute Gasteiger partial charge is 0.481 e. The molecule has 0 amide bonds. The van der Waals surface area contributed by atoms with Gasteiger partial charge in [-0.3, -0.25) is 4.79 Å². The zero-order chi connectivity index (χ0) is 8.27. The van der Waals surface area contributed by atoms with Crippen molar-refractivity contribution in [2.75, 3.05) is 13.1 Å². The van der Waals surface area contributed by atoms with Crippen molar-refractivity contribution in [2.24, 2.45) is 5.92 Å². The van der Waals surface area contributed by atoms with Crippen LogP contribution in [0, 0.1) is 5.92 Å². The Morgan fingerprint density at radius 3 is 2.82 bits per heavy atom. The third-order valence-corrected chi connectivity index (χ3v) is 1.99. The standard InChI is InChI=1S/C7H12FNO2/c8-6-4-9-3-5(6)1-2-7(10)11/h5-6,9H,1-4H2,(H,10,11)/t5-,6-/m1/s1. The van der Waals surface area contributed by atoms with Gasteiger partial charge < -0.3 is 10.4 Å². The van der Waals surface area contributed by atoms with Crippen LogP contribution in [0.1, 0.15) is 12.8 Å². The number of hydrogen-bond donors (Lipinski definition) is 2. The molecule has 0 aromatic rings. The van der Waals surface area contributed by atoms with Crippen molar-refractivity contribution in [3.63, 3.8) is 0 Å². The molecule has 1 aliphatic rings. The number of rotatable bonds is 3. The van der Waals surface area contributed by atoms with E-state index in [2.05, 4.69) is 5.32 Å². The van der Waals surface area contributed by atoms with Gasteiger partial charge >= 0.3 is 5.97 Å². The number of carbonyl (C=O) groups is 1. The second-order valence-corrected chi connectivity index (χ2v) is 2.87. The first-order chi connectivity index (χ1) is 5.20. The van der Waals surface area contributed by atoms with Crippen molar-refractivity contribution in [3.05, 3.63) is 0 Å². The van der Waals surface area contributed by atoms with E-state index in [1.165, 1.54) is 0 Å². The SMILES string of the molecule is O=C(O)CC[C@@H]1CNC[C@H]1F. The summed E-state index contributed by atoms with van der Waals surface area (Å²) in [5.74, 6) is -0.935. The van der Waals surface area contributed by atoms with Crippen molar-refractivity contribution < 1.29 is 14.3 Å². The van der Waals surface area contributed by atoms with E-state index in [0.29, 0.717) is 19.5 Å². The summed E-state index contributed by atoms with van der Waals surface area (Å²) >= 11 is 0. The van der Waals surface area contributed by atoms with Crippen molar-refractivity contribution in [3.8, 4) is 0 Å². The third kappa shape index (κ3) is 2.46. The van der Waals surface area contributed by atoms with E-state index in [9.17, 15) is 9.18 Å². The van der Waals surface area contributed by atoms with E-state index >= 15 is 0 Å². The third-order valence-electron chi connectivity index (χ3n) is 1.99. The van der Waals surface area contributed by atoms with E-state index in [0.717, 1.165) is 0 Å². The summed E-state index contributed by atoms with van der Waals surface area (Å²) < 4.78 is 12.8. The minimum atomic E-state index is -0.852. The molecule has 1 heterocycles. The van der Waals surface area contributed by atoms with E-state index in [1.807, 2.05) is 0 Å². The first-order valence-electron chi connectivity index (χ1n) is 3.76. The van der Waals surface area contributed by atoms with Crippen LogP contribution in [0.3, 0.4) is 0 Å². The average Bonchev–Trinajstić information content (AvgIpc) is 2.31. The summed E-state index contributed by atoms with van der Waals surface area (Å²) in [6.07, 6.45) is -0.328. The monoisotopic (exact) mass is 161 g/mol. The Balaban J connectivity index is 2.20. The zero-order valence-electron chi connectivity index (χ0n) is 6.22. The van der Waals surface area contributed by atoms with Gasteiger partial charge in [-0.1, -0.05) is 0 Å². The molecule has 0 spiro atoms. The van der Waals surface area contributed by atoms with Gasteiger partial charge in [0.25, 0.3) is 0 Å². The summed E-state index contributed by atoms with van der Waals surface area (Å²) in [6.45, 7) is 0.999. The molecule has 0 bridgehead atoms. The average molecular weight is 161 g/mol. The quantitative estimate of drug-likeness (QED) is 0.630. The summed E-state index contributed by atoms with van der Waals surface area (Å²) in [6, 6.07) is 0. The number of halogens is 1. The van der Waals surface area contributed by atoms with Crippen LogP contribution >= 0.6 is 0 Å². The Kier molecular flexibility index (Phi) is 2.82. The first kappa shape index (κ1) is 8.46. The van der Waals surface area contributed by atoms with Crippen molar-refractivity contribution >= 4 is 5.97 Å². The second-order valence-electron chi connectivity index (χ2n) is 2.87. The fraction of sp³-hybridized carbons (Fsp3) is 0.857. The van der Waals surface area contributed by atoms with Crippen molar-refractivity contribution in [1.29, 1.82) is 0 Å². The Labute approximate surface area is 64.6 Å². The Hall–Kier alpha value is -0.640. The highest BCUT2D eigenvalue weighted by Gasteiger charge is 2.26. The van der Waals surface area contributed by atoms with Crippen LogP contribution in [-0.4, -0.2) is 30.3 Å². The molecular formula is C7H12FNO2. The summed E-state index contributed by atoms with van der Waals surface area (Å²) in [4.78, 5) is 10.1. The minimum Gasteiger partial charge on any atom is -0.481 e. The van der Waals surface area contributed by atoms with Crippen LogP contribution in [-0.2, 0) is 4.79 Å². The Morgan fingerprint density at radius 2 is 2.36 bits per heavy atom. The maximum absolute atomic E-state index is 12.8. The molecule has 1 saturated heterocycles. The number of alkyl halides is 1. The molecule has 0 aliphatic carbocycles. The predicted molar refractivity (Wildman–Crippen MR) is 38.1 cm³/mol. The molecule has 4 heteroatoms. The number of nitrogens with one attached hydrogen (secondary N) is 1. The van der Waals surface area contributed by atoms with Gasteiger partial charge in [0.05, 0.1) is 0 Å². The van der Waals surface area contributed by atoms with Crippen molar-refractivity contribution in [2.45, 2.75) is 19.0 Å². The molecule has 0 radical (unpaired) electrons. The van der Waals surface area contributed by atoms with Crippen LogP contribution in [0.25, 0.3) is 0 Å². The second kappa shape index (κ2) is 3.67. The normalized spacial score (nSPS) is 30.6. The molecule has 2 atom stereocenters. The molecular weight excluding hydrogens is 149 g/mol. The highest BCUT2D eigenvalue weighted by atomic mass is 19.1. The number of carboxylic acid groups (broad SMARTS) is 1. The van der Waals surface area contributed by atoms with Gasteiger partial charge in [0.15, 0.2) is 0 Å². The van der Waals surface area contributed by atoms with Gasteiger partial charge in [-0.2, -0.15) is 0 Å². The Bertz CT molecular complexity index is 151. The molecule has 1 aliphatic heterocycles. The van der Waals surface area contributed by atoms with E-state index < -0.39 is 12.1 Å². The van der Waals surface area contributed by atoms with Crippen molar-refractivity contribution in [1.82, 2.24) is 5.32 Å². The smallest absolute Gasteiger partial charge is 0.303 e. The lowest BCUT2D eigenvalue weighted by molar-refractivity contribution is -0.137. The van der Waals surface area contributed by atoms with Gasteiger partial charge in [0, 0.05) is 25.4 Å². The summed E-state index contributed by atoms with van der Waals surface area (Å²) in [5, 5.41) is 11.2. The summed E-state index contributed by atoms with van der Waals surface area (Å²) in [5.41, 5.74) is 0. The first-order valence-corrected chi connectivity index (χ1v) is 3.76. The van der Waals surface area contributed by atoms with Crippen LogP contribution in [0.2, 0.25) is 0 Å². The molecule has 0 aromatic carbocycles. The Morgan fingerprint density at radius 1 is 1.64 bits per heavy atom. The molecule has 0 aromatic heterocycles. The van der Waals surface area contributed by atoms with Crippen LogP contribution in [0.5, 0.6) is 0 Å². The maximum Gasteiger partial charge on any atom is 0.303 e. The topological polar surface area (TPSA) is 49.3 Å². The highest BCUT2D eigenvalue weighted by Crippen LogP contribution is 2.17. The van der Waals surface area contributed by atoms with Crippen LogP contribution in [0.15, 0.2) is 0 Å². The molecule has 11 heavy (non-hydrogen) atoms. The lowest BCUT2D eigenvalue weighted by Gasteiger charge is -2.08. The lowest BCUT2D eigenvalue weighted by atomic mass is 10.0. The van der Waals surface area contributed by atoms with Gasteiger partial charge in [-0.15, -0.1) is 0 Å². The minimum absolute atomic E-state index is 0.0762. The molecule has 0 saturated carbocycles.